The normalized spacial score (nSPS) is 19.4. The van der Waals surface area contributed by atoms with Crippen molar-refractivity contribution in [2.24, 2.45) is 0 Å². The summed E-state index contributed by atoms with van der Waals surface area (Å²) in [5.41, 5.74) is 3.88. The van der Waals surface area contributed by atoms with Crippen LogP contribution in [0.4, 0.5) is 5.69 Å². The van der Waals surface area contributed by atoms with E-state index in [1.165, 1.54) is 16.8 Å². The average molecular weight is 456 g/mol. The fourth-order valence-electron chi connectivity index (χ4n) is 4.75. The number of halogens is 1. The molecular formula is C24H26ClN3O2S. The highest BCUT2D eigenvalue weighted by atomic mass is 35.5. The topological polar surface area (TPSA) is 61.4 Å². The zero-order chi connectivity index (χ0) is 21.4. The van der Waals surface area contributed by atoms with E-state index in [1.54, 1.807) is 18.2 Å². The summed E-state index contributed by atoms with van der Waals surface area (Å²) in [5, 5.41) is 5.70. The number of anilines is 1. The molecular weight excluding hydrogens is 430 g/mol. The van der Waals surface area contributed by atoms with E-state index in [2.05, 4.69) is 33.1 Å². The Labute approximate surface area is 188 Å². The van der Waals surface area contributed by atoms with E-state index in [0.717, 1.165) is 49.8 Å². The molecule has 0 aromatic heterocycles. The number of fused-ring (bicyclic) bond motifs is 2. The van der Waals surface area contributed by atoms with Crippen LogP contribution in [0.1, 0.15) is 17.5 Å². The van der Waals surface area contributed by atoms with Gasteiger partial charge in [-0.1, -0.05) is 41.9 Å². The molecule has 162 valence electrons. The smallest absolute Gasteiger partial charge is 0.240 e. The molecule has 5 nitrogen and oxygen atoms in total. The van der Waals surface area contributed by atoms with Crippen molar-refractivity contribution in [3.05, 3.63) is 70.7 Å². The lowest BCUT2D eigenvalue weighted by molar-refractivity contribution is 0.506. The van der Waals surface area contributed by atoms with E-state index in [-0.39, 0.29) is 10.9 Å². The van der Waals surface area contributed by atoms with Crippen molar-refractivity contribution >= 4 is 38.1 Å². The molecule has 0 unspecified atom stereocenters. The summed E-state index contributed by atoms with van der Waals surface area (Å²) >= 11 is 6.23. The molecule has 7 heteroatoms. The lowest BCUT2D eigenvalue weighted by atomic mass is 9.87. The largest absolute Gasteiger partial charge is 0.369 e. The van der Waals surface area contributed by atoms with Gasteiger partial charge >= 0.3 is 0 Å². The zero-order valence-corrected chi connectivity index (χ0v) is 18.8. The van der Waals surface area contributed by atoms with Crippen molar-refractivity contribution in [1.82, 2.24) is 10.0 Å². The van der Waals surface area contributed by atoms with Gasteiger partial charge in [0.05, 0.1) is 4.90 Å². The Kier molecular flexibility index (Phi) is 5.65. The molecule has 0 radical (unpaired) electrons. The van der Waals surface area contributed by atoms with Crippen LogP contribution < -0.4 is 14.9 Å². The molecule has 1 saturated heterocycles. The minimum Gasteiger partial charge on any atom is -0.369 e. The molecule has 1 atom stereocenters. The summed E-state index contributed by atoms with van der Waals surface area (Å²) in [4.78, 5) is 2.70. The van der Waals surface area contributed by atoms with Crippen molar-refractivity contribution < 1.29 is 8.42 Å². The lowest BCUT2D eigenvalue weighted by Gasteiger charge is -2.34. The number of hydrogen-bond acceptors (Lipinski definition) is 4. The summed E-state index contributed by atoms with van der Waals surface area (Å²) in [6.07, 6.45) is 2.40. The summed E-state index contributed by atoms with van der Waals surface area (Å²) in [7, 11) is -3.62. The van der Waals surface area contributed by atoms with Gasteiger partial charge < -0.3 is 10.2 Å². The number of aryl methyl sites for hydroxylation is 1. The van der Waals surface area contributed by atoms with Gasteiger partial charge in [0.2, 0.25) is 10.0 Å². The van der Waals surface area contributed by atoms with Crippen molar-refractivity contribution in [3.8, 4) is 0 Å². The van der Waals surface area contributed by atoms with Gasteiger partial charge in [-0.05, 0) is 60.0 Å². The Morgan fingerprint density at radius 2 is 1.84 bits per heavy atom. The Hall–Kier alpha value is -2.12. The predicted octanol–water partition coefficient (Wildman–Crippen LogP) is 3.74. The third-order valence-corrected chi connectivity index (χ3v) is 8.20. The average Bonchev–Trinajstić information content (AvgIpc) is 2.79. The first-order chi connectivity index (χ1) is 15.0. The van der Waals surface area contributed by atoms with Crippen LogP contribution in [0.2, 0.25) is 5.02 Å². The van der Waals surface area contributed by atoms with E-state index in [4.69, 9.17) is 11.6 Å². The maximum absolute atomic E-state index is 13.2. The quantitative estimate of drug-likeness (QED) is 0.629. The molecule has 0 bridgehead atoms. The molecule has 31 heavy (non-hydrogen) atoms. The van der Waals surface area contributed by atoms with Gasteiger partial charge in [-0.2, -0.15) is 0 Å². The van der Waals surface area contributed by atoms with E-state index < -0.39 is 10.0 Å². The van der Waals surface area contributed by atoms with E-state index >= 15 is 0 Å². The molecule has 0 amide bonds. The second-order valence-corrected chi connectivity index (χ2v) is 10.5. The van der Waals surface area contributed by atoms with Crippen LogP contribution >= 0.6 is 11.6 Å². The van der Waals surface area contributed by atoms with Gasteiger partial charge in [-0.3, -0.25) is 0 Å². The third-order valence-electron chi connectivity index (χ3n) is 6.35. The van der Waals surface area contributed by atoms with Crippen molar-refractivity contribution in [2.45, 2.75) is 30.2 Å². The Morgan fingerprint density at radius 1 is 1.03 bits per heavy atom. The van der Waals surface area contributed by atoms with Crippen LogP contribution in [-0.2, 0) is 22.9 Å². The Balaban J connectivity index is 1.39. The van der Waals surface area contributed by atoms with Gasteiger partial charge in [-0.25, -0.2) is 13.1 Å². The fourth-order valence-corrected chi connectivity index (χ4v) is 6.30. The number of sulfonamides is 1. The first-order valence-electron chi connectivity index (χ1n) is 10.8. The monoisotopic (exact) mass is 455 g/mol. The Morgan fingerprint density at radius 3 is 2.68 bits per heavy atom. The zero-order valence-electron chi connectivity index (χ0n) is 17.3. The third kappa shape index (κ3) is 4.17. The van der Waals surface area contributed by atoms with E-state index in [1.807, 2.05) is 18.2 Å². The Bertz CT molecular complexity index is 1220. The minimum atomic E-state index is -3.62. The van der Waals surface area contributed by atoms with Crippen molar-refractivity contribution in [3.63, 3.8) is 0 Å². The van der Waals surface area contributed by atoms with Crippen LogP contribution in [0, 0.1) is 0 Å². The standard InChI is InChI=1S/C24H26ClN3O2S/c25-23-5-1-4-18-15-20(9-10-21(18)23)31(29,30)27-19-8-7-17-3-2-6-24(22(17)16-19)28-13-11-26-12-14-28/h1-6,9-10,15,19,26-27H,7-8,11-14,16H2/t19-/m1/s1. The summed E-state index contributed by atoms with van der Waals surface area (Å²) in [6.45, 7) is 3.91. The molecule has 1 aliphatic carbocycles. The second-order valence-electron chi connectivity index (χ2n) is 8.34. The SMILES string of the molecule is O=S(=O)(N[C@@H]1CCc2cccc(N3CCNCC3)c2C1)c1ccc2c(Cl)cccc2c1. The number of rotatable bonds is 4. The van der Waals surface area contributed by atoms with E-state index in [0.29, 0.717) is 11.4 Å². The summed E-state index contributed by atoms with van der Waals surface area (Å²) < 4.78 is 29.3. The predicted molar refractivity (Wildman–Crippen MR) is 127 cm³/mol. The molecule has 2 N–H and O–H groups in total. The van der Waals surface area contributed by atoms with Gasteiger partial charge in [0.25, 0.3) is 0 Å². The number of hydrogen-bond donors (Lipinski definition) is 2. The van der Waals surface area contributed by atoms with Crippen LogP contribution in [0.25, 0.3) is 10.8 Å². The van der Waals surface area contributed by atoms with Crippen LogP contribution in [0.5, 0.6) is 0 Å². The summed E-state index contributed by atoms with van der Waals surface area (Å²) in [5.74, 6) is 0. The first kappa shape index (κ1) is 20.8. The highest BCUT2D eigenvalue weighted by Gasteiger charge is 2.27. The van der Waals surface area contributed by atoms with Gasteiger partial charge in [-0.15, -0.1) is 0 Å². The van der Waals surface area contributed by atoms with Gasteiger partial charge in [0.15, 0.2) is 0 Å². The molecule has 3 aromatic carbocycles. The minimum absolute atomic E-state index is 0.114. The van der Waals surface area contributed by atoms with Crippen molar-refractivity contribution in [1.29, 1.82) is 0 Å². The first-order valence-corrected chi connectivity index (χ1v) is 12.6. The number of piperazine rings is 1. The number of nitrogens with one attached hydrogen (secondary N) is 2. The van der Waals surface area contributed by atoms with Crippen LogP contribution in [0.15, 0.2) is 59.5 Å². The van der Waals surface area contributed by atoms with Gasteiger partial charge in [0, 0.05) is 48.3 Å². The van der Waals surface area contributed by atoms with E-state index in [9.17, 15) is 8.42 Å². The molecule has 1 heterocycles. The highest BCUT2D eigenvalue weighted by Crippen LogP contribution is 2.32. The molecule has 0 saturated carbocycles. The molecule has 2 aliphatic rings. The molecule has 5 rings (SSSR count). The number of nitrogens with zero attached hydrogens (tertiary/aromatic N) is 1. The fraction of sp³-hybridized carbons (Fsp3) is 0.333. The van der Waals surface area contributed by atoms with Crippen LogP contribution in [0.3, 0.4) is 0 Å². The maximum Gasteiger partial charge on any atom is 0.240 e. The highest BCUT2D eigenvalue weighted by molar-refractivity contribution is 7.89. The molecule has 0 spiro atoms. The van der Waals surface area contributed by atoms with Crippen molar-refractivity contribution in [2.75, 3.05) is 31.1 Å². The molecule has 1 fully saturated rings. The maximum atomic E-state index is 13.2. The molecule has 3 aromatic rings. The van der Waals surface area contributed by atoms with Crippen LogP contribution in [-0.4, -0.2) is 40.6 Å². The number of benzene rings is 3. The summed E-state index contributed by atoms with van der Waals surface area (Å²) in [6, 6.07) is 17.0. The lowest BCUT2D eigenvalue weighted by Crippen LogP contribution is -2.45. The molecule has 1 aliphatic heterocycles. The van der Waals surface area contributed by atoms with Gasteiger partial charge in [0.1, 0.15) is 0 Å². The second kappa shape index (κ2) is 8.43.